The van der Waals surface area contributed by atoms with Gasteiger partial charge in [-0.05, 0) is 53.7 Å². The second-order valence-corrected chi connectivity index (χ2v) is 8.77. The first-order valence-electron chi connectivity index (χ1n) is 6.06. The molecule has 0 aliphatic rings. The third-order valence-electron chi connectivity index (χ3n) is 3.09. The van der Waals surface area contributed by atoms with E-state index in [1.165, 1.54) is 16.0 Å². The normalized spacial score (nSPS) is 13.4. The molecule has 0 aliphatic heterocycles. The van der Waals surface area contributed by atoms with Crippen LogP contribution in [-0.2, 0) is 9.84 Å². The summed E-state index contributed by atoms with van der Waals surface area (Å²) < 4.78 is 24.1. The molecule has 0 radical (unpaired) electrons. The highest BCUT2D eigenvalue weighted by Gasteiger charge is 2.16. The van der Waals surface area contributed by atoms with Crippen molar-refractivity contribution in [2.45, 2.75) is 17.9 Å². The van der Waals surface area contributed by atoms with Crippen molar-refractivity contribution in [3.8, 4) is 0 Å². The molecule has 6 heteroatoms. The lowest BCUT2D eigenvalue weighted by Crippen LogP contribution is -2.16. The predicted molar refractivity (Wildman–Crippen MR) is 87.2 cm³/mol. The molecule has 0 saturated carbocycles. The molecule has 1 heterocycles. The Bertz CT molecular complexity index is 686. The number of halogens is 1. The van der Waals surface area contributed by atoms with E-state index in [9.17, 15) is 8.42 Å². The summed E-state index contributed by atoms with van der Waals surface area (Å²) in [6.45, 7) is 2.07. The predicted octanol–water partition coefficient (Wildman–Crippen LogP) is 3.53. The standard InChI is InChI=1S/C14H16BrNO2S2/c1-9-12(15)8-13(19-9)14(16-2)10-4-6-11(7-5-10)20(3,17)18/h4-8,14,16H,1-3H3. The molecule has 0 bridgehead atoms. The van der Waals surface area contributed by atoms with Crippen LogP contribution in [0.15, 0.2) is 39.7 Å². The number of thiophene rings is 1. The Kier molecular flexibility index (Phi) is 4.69. The highest BCUT2D eigenvalue weighted by molar-refractivity contribution is 9.10. The van der Waals surface area contributed by atoms with E-state index in [0.29, 0.717) is 4.90 Å². The highest BCUT2D eigenvalue weighted by atomic mass is 79.9. The summed E-state index contributed by atoms with van der Waals surface area (Å²) in [4.78, 5) is 2.77. The minimum absolute atomic E-state index is 0.0682. The number of benzene rings is 1. The van der Waals surface area contributed by atoms with Gasteiger partial charge in [-0.1, -0.05) is 12.1 Å². The highest BCUT2D eigenvalue weighted by Crippen LogP contribution is 2.33. The van der Waals surface area contributed by atoms with Crippen molar-refractivity contribution in [3.05, 3.63) is 50.1 Å². The number of rotatable bonds is 4. The lowest BCUT2D eigenvalue weighted by molar-refractivity contribution is 0.601. The van der Waals surface area contributed by atoms with Gasteiger partial charge in [-0.2, -0.15) is 0 Å². The summed E-state index contributed by atoms with van der Waals surface area (Å²) in [5.74, 6) is 0. The van der Waals surface area contributed by atoms with Crippen LogP contribution in [-0.4, -0.2) is 21.7 Å². The summed E-state index contributed by atoms with van der Waals surface area (Å²) in [6, 6.07) is 9.21. The largest absolute Gasteiger partial charge is 0.309 e. The lowest BCUT2D eigenvalue weighted by atomic mass is 10.1. The first-order chi connectivity index (χ1) is 9.32. The molecule has 0 saturated heterocycles. The van der Waals surface area contributed by atoms with Crippen LogP contribution in [0.1, 0.15) is 21.4 Å². The lowest BCUT2D eigenvalue weighted by Gasteiger charge is -2.15. The fourth-order valence-electron chi connectivity index (χ4n) is 2.00. The third-order valence-corrected chi connectivity index (χ3v) is 6.42. The first-order valence-corrected chi connectivity index (χ1v) is 9.56. The number of hydrogen-bond acceptors (Lipinski definition) is 4. The van der Waals surface area contributed by atoms with Gasteiger partial charge in [0.1, 0.15) is 0 Å². The van der Waals surface area contributed by atoms with Gasteiger partial charge in [0.15, 0.2) is 9.84 Å². The average molecular weight is 374 g/mol. The summed E-state index contributed by atoms with van der Waals surface area (Å²) in [5.41, 5.74) is 1.05. The fraction of sp³-hybridized carbons (Fsp3) is 0.286. The zero-order valence-corrected chi connectivity index (χ0v) is 14.7. The molecular formula is C14H16BrNO2S2. The van der Waals surface area contributed by atoms with Gasteiger partial charge in [0, 0.05) is 20.5 Å². The summed E-state index contributed by atoms with van der Waals surface area (Å²) in [7, 11) is -1.24. The van der Waals surface area contributed by atoms with Crippen molar-refractivity contribution in [3.63, 3.8) is 0 Å². The molecule has 1 N–H and O–H groups in total. The fourth-order valence-corrected chi connectivity index (χ4v) is 4.33. The second-order valence-electron chi connectivity index (χ2n) is 4.62. The van der Waals surface area contributed by atoms with Crippen LogP contribution in [0.2, 0.25) is 0 Å². The van der Waals surface area contributed by atoms with E-state index in [4.69, 9.17) is 0 Å². The van der Waals surface area contributed by atoms with Crippen LogP contribution in [0, 0.1) is 6.92 Å². The zero-order valence-electron chi connectivity index (χ0n) is 11.5. The van der Waals surface area contributed by atoms with E-state index < -0.39 is 9.84 Å². The summed E-state index contributed by atoms with van der Waals surface area (Å²) in [6.07, 6.45) is 1.22. The molecule has 108 valence electrons. The second kappa shape index (κ2) is 5.97. The third kappa shape index (κ3) is 3.31. The van der Waals surface area contributed by atoms with Crippen molar-refractivity contribution in [2.24, 2.45) is 0 Å². The Morgan fingerprint density at radius 3 is 2.25 bits per heavy atom. The van der Waals surface area contributed by atoms with Gasteiger partial charge in [-0.15, -0.1) is 11.3 Å². The van der Waals surface area contributed by atoms with Crippen molar-refractivity contribution in [1.82, 2.24) is 5.32 Å². The number of hydrogen-bond donors (Lipinski definition) is 1. The smallest absolute Gasteiger partial charge is 0.175 e. The average Bonchev–Trinajstić information content (AvgIpc) is 2.70. The molecule has 1 unspecified atom stereocenters. The minimum atomic E-state index is -3.14. The quantitative estimate of drug-likeness (QED) is 0.891. The van der Waals surface area contributed by atoms with Gasteiger partial charge < -0.3 is 5.32 Å². The van der Waals surface area contributed by atoms with Gasteiger partial charge in [-0.3, -0.25) is 0 Å². The molecule has 2 aromatic rings. The van der Waals surface area contributed by atoms with Crippen LogP contribution >= 0.6 is 27.3 Å². The maximum atomic E-state index is 11.5. The Balaban J connectivity index is 2.37. The van der Waals surface area contributed by atoms with E-state index in [0.717, 1.165) is 10.0 Å². The Morgan fingerprint density at radius 1 is 1.25 bits per heavy atom. The molecule has 1 aromatic carbocycles. The van der Waals surface area contributed by atoms with Crippen molar-refractivity contribution < 1.29 is 8.42 Å². The van der Waals surface area contributed by atoms with Gasteiger partial charge in [-0.25, -0.2) is 8.42 Å². The van der Waals surface area contributed by atoms with Crippen LogP contribution < -0.4 is 5.32 Å². The van der Waals surface area contributed by atoms with E-state index >= 15 is 0 Å². The van der Waals surface area contributed by atoms with Gasteiger partial charge in [0.05, 0.1) is 10.9 Å². The summed E-state index contributed by atoms with van der Waals surface area (Å²) in [5, 5.41) is 3.27. The Morgan fingerprint density at radius 2 is 1.85 bits per heavy atom. The molecule has 2 rings (SSSR count). The summed E-state index contributed by atoms with van der Waals surface area (Å²) >= 11 is 5.25. The maximum Gasteiger partial charge on any atom is 0.175 e. The molecule has 3 nitrogen and oxygen atoms in total. The molecule has 1 aromatic heterocycles. The number of nitrogens with one attached hydrogen (secondary N) is 1. The molecule has 0 fully saturated rings. The van der Waals surface area contributed by atoms with Crippen molar-refractivity contribution >= 4 is 37.1 Å². The number of sulfone groups is 1. The molecule has 1 atom stereocenters. The monoisotopic (exact) mass is 373 g/mol. The first kappa shape index (κ1) is 15.7. The maximum absolute atomic E-state index is 11.5. The Labute approximate surface area is 132 Å². The van der Waals surface area contributed by atoms with E-state index in [2.05, 4.69) is 34.2 Å². The molecule has 20 heavy (non-hydrogen) atoms. The van der Waals surface area contributed by atoms with Gasteiger partial charge in [0.25, 0.3) is 0 Å². The van der Waals surface area contributed by atoms with Crippen molar-refractivity contribution in [2.75, 3.05) is 13.3 Å². The van der Waals surface area contributed by atoms with E-state index in [-0.39, 0.29) is 6.04 Å². The van der Waals surface area contributed by atoms with E-state index in [1.807, 2.05) is 19.2 Å². The Hall–Kier alpha value is -0.690. The van der Waals surface area contributed by atoms with Crippen LogP contribution in [0.5, 0.6) is 0 Å². The van der Waals surface area contributed by atoms with Gasteiger partial charge in [0.2, 0.25) is 0 Å². The molecule has 0 aliphatic carbocycles. The van der Waals surface area contributed by atoms with Crippen molar-refractivity contribution in [1.29, 1.82) is 0 Å². The SMILES string of the molecule is CNC(c1ccc(S(C)(=O)=O)cc1)c1cc(Br)c(C)s1. The minimum Gasteiger partial charge on any atom is -0.309 e. The topological polar surface area (TPSA) is 46.2 Å². The zero-order chi connectivity index (χ0) is 14.9. The number of aryl methyl sites for hydroxylation is 1. The molecule has 0 amide bonds. The van der Waals surface area contributed by atoms with Gasteiger partial charge >= 0.3 is 0 Å². The molecule has 0 spiro atoms. The van der Waals surface area contributed by atoms with E-state index in [1.54, 1.807) is 23.5 Å². The molecular weight excluding hydrogens is 358 g/mol. The van der Waals surface area contributed by atoms with Crippen LogP contribution in [0.25, 0.3) is 0 Å². The van der Waals surface area contributed by atoms with Crippen LogP contribution in [0.3, 0.4) is 0 Å². The van der Waals surface area contributed by atoms with Crippen LogP contribution in [0.4, 0.5) is 0 Å².